The molecule has 2 nitrogen and oxygen atoms in total. The van der Waals surface area contributed by atoms with Gasteiger partial charge >= 0.3 is 0 Å². The summed E-state index contributed by atoms with van der Waals surface area (Å²) in [4.78, 5) is 0. The lowest BCUT2D eigenvalue weighted by atomic mass is 9.95. The van der Waals surface area contributed by atoms with Gasteiger partial charge in [-0.15, -0.1) is 0 Å². The molecule has 1 rings (SSSR count). The van der Waals surface area contributed by atoms with Crippen molar-refractivity contribution in [3.63, 3.8) is 0 Å². The smallest absolute Gasteiger partial charge is 0.119 e. The SMILES string of the molecule is CNCC(C)(C)COc1cccc(C(C)C)c1. The van der Waals surface area contributed by atoms with Crippen LogP contribution < -0.4 is 10.1 Å². The van der Waals surface area contributed by atoms with Crippen molar-refractivity contribution in [3.05, 3.63) is 29.8 Å². The maximum atomic E-state index is 5.87. The summed E-state index contributed by atoms with van der Waals surface area (Å²) in [6, 6.07) is 8.38. The van der Waals surface area contributed by atoms with Crippen molar-refractivity contribution in [2.45, 2.75) is 33.6 Å². The lowest BCUT2D eigenvalue weighted by Gasteiger charge is -2.24. The molecule has 0 radical (unpaired) electrons. The number of hydrogen-bond acceptors (Lipinski definition) is 2. The van der Waals surface area contributed by atoms with Crippen LogP contribution in [0.25, 0.3) is 0 Å². The van der Waals surface area contributed by atoms with Gasteiger partial charge in [-0.3, -0.25) is 0 Å². The summed E-state index contributed by atoms with van der Waals surface area (Å²) in [5.74, 6) is 1.52. The third-order valence-corrected chi connectivity index (χ3v) is 2.81. The van der Waals surface area contributed by atoms with Crippen LogP contribution in [0.3, 0.4) is 0 Å². The molecular formula is C15H25NO. The van der Waals surface area contributed by atoms with Crippen molar-refractivity contribution < 1.29 is 4.74 Å². The highest BCUT2D eigenvalue weighted by Gasteiger charge is 2.17. The Balaban J connectivity index is 2.60. The summed E-state index contributed by atoms with van der Waals surface area (Å²) in [6.07, 6.45) is 0. The number of rotatable bonds is 6. The summed E-state index contributed by atoms with van der Waals surface area (Å²) in [5, 5.41) is 3.19. The topological polar surface area (TPSA) is 21.3 Å². The molecule has 0 atom stereocenters. The molecule has 0 amide bonds. The number of ether oxygens (including phenoxy) is 1. The maximum Gasteiger partial charge on any atom is 0.119 e. The van der Waals surface area contributed by atoms with E-state index in [-0.39, 0.29) is 5.41 Å². The molecule has 1 aromatic carbocycles. The van der Waals surface area contributed by atoms with Crippen molar-refractivity contribution >= 4 is 0 Å². The van der Waals surface area contributed by atoms with E-state index in [0.29, 0.717) is 5.92 Å². The molecule has 0 heterocycles. The number of benzene rings is 1. The summed E-state index contributed by atoms with van der Waals surface area (Å²) in [7, 11) is 1.97. The Morgan fingerprint density at radius 3 is 2.59 bits per heavy atom. The van der Waals surface area contributed by atoms with Crippen LogP contribution in [-0.2, 0) is 0 Å². The van der Waals surface area contributed by atoms with Gasteiger partial charge in [-0.1, -0.05) is 39.8 Å². The Morgan fingerprint density at radius 1 is 1.29 bits per heavy atom. The van der Waals surface area contributed by atoms with Crippen LogP contribution in [0, 0.1) is 5.41 Å². The predicted molar refractivity (Wildman–Crippen MR) is 73.7 cm³/mol. The van der Waals surface area contributed by atoms with Crippen molar-refractivity contribution in [2.75, 3.05) is 20.2 Å². The number of hydrogen-bond donors (Lipinski definition) is 1. The summed E-state index contributed by atoms with van der Waals surface area (Å²) < 4.78 is 5.87. The molecule has 2 heteroatoms. The summed E-state index contributed by atoms with van der Waals surface area (Å²) in [5.41, 5.74) is 1.48. The lowest BCUT2D eigenvalue weighted by molar-refractivity contribution is 0.179. The van der Waals surface area contributed by atoms with Crippen LogP contribution in [-0.4, -0.2) is 20.2 Å². The Hall–Kier alpha value is -1.02. The normalized spacial score (nSPS) is 11.9. The fourth-order valence-electron chi connectivity index (χ4n) is 1.77. The zero-order valence-corrected chi connectivity index (χ0v) is 11.7. The average Bonchev–Trinajstić information content (AvgIpc) is 2.27. The zero-order valence-electron chi connectivity index (χ0n) is 11.7. The van der Waals surface area contributed by atoms with Gasteiger partial charge < -0.3 is 10.1 Å². The molecule has 0 saturated heterocycles. The first-order valence-electron chi connectivity index (χ1n) is 6.32. The zero-order chi connectivity index (χ0) is 12.9. The van der Waals surface area contributed by atoms with Crippen molar-refractivity contribution in [1.29, 1.82) is 0 Å². The van der Waals surface area contributed by atoms with Crippen molar-refractivity contribution in [2.24, 2.45) is 5.41 Å². The van der Waals surface area contributed by atoms with E-state index in [1.165, 1.54) is 5.56 Å². The van der Waals surface area contributed by atoms with E-state index in [4.69, 9.17) is 4.74 Å². The van der Waals surface area contributed by atoms with Gasteiger partial charge in [0.2, 0.25) is 0 Å². The maximum absolute atomic E-state index is 5.87. The van der Waals surface area contributed by atoms with Gasteiger partial charge in [-0.05, 0) is 30.7 Å². The lowest BCUT2D eigenvalue weighted by Crippen LogP contribution is -2.32. The van der Waals surface area contributed by atoms with Crippen LogP contribution in [0.15, 0.2) is 24.3 Å². The minimum atomic E-state index is 0.155. The first-order valence-corrected chi connectivity index (χ1v) is 6.32. The molecule has 0 bridgehead atoms. The van der Waals surface area contributed by atoms with Gasteiger partial charge in [-0.2, -0.15) is 0 Å². The van der Waals surface area contributed by atoms with Gasteiger partial charge in [-0.25, -0.2) is 0 Å². The second-order valence-corrected chi connectivity index (χ2v) is 5.71. The first-order chi connectivity index (χ1) is 7.94. The quantitative estimate of drug-likeness (QED) is 0.815. The standard InChI is InChI=1S/C15H25NO/c1-12(2)13-7-6-8-14(9-13)17-11-15(3,4)10-16-5/h6-9,12,16H,10-11H2,1-5H3. The van der Waals surface area contributed by atoms with E-state index in [1.807, 2.05) is 13.1 Å². The molecule has 0 fully saturated rings. The summed E-state index contributed by atoms with van der Waals surface area (Å²) in [6.45, 7) is 10.5. The molecule has 0 spiro atoms. The van der Waals surface area contributed by atoms with E-state index in [0.717, 1.165) is 18.9 Å². The van der Waals surface area contributed by atoms with Gasteiger partial charge in [0.1, 0.15) is 5.75 Å². The molecule has 0 aliphatic carbocycles. The largest absolute Gasteiger partial charge is 0.493 e. The molecule has 0 aliphatic heterocycles. The van der Waals surface area contributed by atoms with Gasteiger partial charge in [0.25, 0.3) is 0 Å². The van der Waals surface area contributed by atoms with Crippen LogP contribution in [0.5, 0.6) is 5.75 Å². The van der Waals surface area contributed by atoms with E-state index in [2.05, 4.69) is 51.2 Å². The van der Waals surface area contributed by atoms with Crippen molar-refractivity contribution in [1.82, 2.24) is 5.32 Å². The predicted octanol–water partition coefficient (Wildman–Crippen LogP) is 3.43. The van der Waals surface area contributed by atoms with Gasteiger partial charge in [0.15, 0.2) is 0 Å². The molecule has 0 aromatic heterocycles. The minimum absolute atomic E-state index is 0.155. The molecule has 0 saturated carbocycles. The van der Waals surface area contributed by atoms with E-state index < -0.39 is 0 Å². The second-order valence-electron chi connectivity index (χ2n) is 5.71. The van der Waals surface area contributed by atoms with Gasteiger partial charge in [0, 0.05) is 12.0 Å². The first kappa shape index (κ1) is 14.0. The molecule has 0 aliphatic rings. The molecule has 96 valence electrons. The Bertz CT molecular complexity index is 345. The van der Waals surface area contributed by atoms with Crippen LogP contribution in [0.1, 0.15) is 39.2 Å². The number of nitrogens with one attached hydrogen (secondary N) is 1. The third-order valence-electron chi connectivity index (χ3n) is 2.81. The Kier molecular flexibility index (Phi) is 5.01. The van der Waals surface area contributed by atoms with Crippen molar-refractivity contribution in [3.8, 4) is 5.75 Å². The van der Waals surface area contributed by atoms with E-state index >= 15 is 0 Å². The molecule has 1 N–H and O–H groups in total. The highest BCUT2D eigenvalue weighted by atomic mass is 16.5. The van der Waals surface area contributed by atoms with Crippen LogP contribution in [0.4, 0.5) is 0 Å². The monoisotopic (exact) mass is 235 g/mol. The molecule has 1 aromatic rings. The fourth-order valence-corrected chi connectivity index (χ4v) is 1.77. The van der Waals surface area contributed by atoms with E-state index in [9.17, 15) is 0 Å². The molecular weight excluding hydrogens is 210 g/mol. The Morgan fingerprint density at radius 2 is 2.00 bits per heavy atom. The Labute approximate surface area is 105 Å². The summed E-state index contributed by atoms with van der Waals surface area (Å²) >= 11 is 0. The third kappa shape index (κ3) is 4.78. The average molecular weight is 235 g/mol. The van der Waals surface area contributed by atoms with Crippen LogP contribution in [0.2, 0.25) is 0 Å². The highest BCUT2D eigenvalue weighted by Crippen LogP contribution is 2.22. The minimum Gasteiger partial charge on any atom is -0.493 e. The highest BCUT2D eigenvalue weighted by molar-refractivity contribution is 5.30. The van der Waals surface area contributed by atoms with Gasteiger partial charge in [0.05, 0.1) is 6.61 Å². The molecule has 0 unspecified atom stereocenters. The van der Waals surface area contributed by atoms with E-state index in [1.54, 1.807) is 0 Å². The second kappa shape index (κ2) is 6.06. The fraction of sp³-hybridized carbons (Fsp3) is 0.600. The molecule has 17 heavy (non-hydrogen) atoms. The van der Waals surface area contributed by atoms with Crippen LogP contribution >= 0.6 is 0 Å².